The molecule has 1 aromatic rings. The zero-order chi connectivity index (χ0) is 13.7. The fourth-order valence-electron chi connectivity index (χ4n) is 1.81. The summed E-state index contributed by atoms with van der Waals surface area (Å²) >= 11 is 5.90. The van der Waals surface area contributed by atoms with E-state index in [1.54, 1.807) is 18.2 Å². The Morgan fingerprint density at radius 3 is 2.61 bits per heavy atom. The summed E-state index contributed by atoms with van der Waals surface area (Å²) in [6.07, 6.45) is 0.170. The number of rotatable bonds is 5. The van der Waals surface area contributed by atoms with Crippen molar-refractivity contribution in [2.75, 3.05) is 6.54 Å². The van der Waals surface area contributed by atoms with Crippen molar-refractivity contribution in [3.8, 4) is 0 Å². The number of halogens is 1. The fraction of sp³-hybridized carbons (Fsp3) is 0.500. The highest BCUT2D eigenvalue weighted by Crippen LogP contribution is 2.14. The number of aliphatic hydroxyl groups is 1. The molecule has 4 heteroatoms. The van der Waals surface area contributed by atoms with Gasteiger partial charge in [0, 0.05) is 17.1 Å². The van der Waals surface area contributed by atoms with Crippen LogP contribution < -0.4 is 5.32 Å². The number of nitrogens with one attached hydrogen (secondary N) is 1. The lowest BCUT2D eigenvalue weighted by Gasteiger charge is -2.14. The van der Waals surface area contributed by atoms with Gasteiger partial charge in [0.05, 0.1) is 6.10 Å². The average molecular weight is 270 g/mol. The van der Waals surface area contributed by atoms with Crippen LogP contribution in [-0.2, 0) is 0 Å². The van der Waals surface area contributed by atoms with E-state index in [4.69, 9.17) is 11.6 Å². The molecule has 1 amide bonds. The number of hydrogen-bond acceptors (Lipinski definition) is 2. The van der Waals surface area contributed by atoms with E-state index in [1.165, 1.54) is 0 Å². The second-order valence-electron chi connectivity index (χ2n) is 5.01. The minimum absolute atomic E-state index is 0.205. The molecule has 0 heterocycles. The van der Waals surface area contributed by atoms with Crippen molar-refractivity contribution in [1.82, 2.24) is 5.32 Å². The van der Waals surface area contributed by atoms with Crippen molar-refractivity contribution in [3.63, 3.8) is 0 Å². The Kier molecular flexibility index (Phi) is 5.63. The zero-order valence-electron chi connectivity index (χ0n) is 11.0. The molecule has 2 N–H and O–H groups in total. The molecular formula is C14H20ClNO2. The van der Waals surface area contributed by atoms with Gasteiger partial charge < -0.3 is 10.4 Å². The number of hydrogen-bond donors (Lipinski definition) is 2. The SMILES string of the molecule is Cc1cc(Cl)cc(C(=O)NCC(O)CC(C)C)c1. The monoisotopic (exact) mass is 269 g/mol. The number of carbonyl (C=O) groups excluding carboxylic acids is 1. The van der Waals surface area contributed by atoms with Crippen LogP contribution in [0, 0.1) is 12.8 Å². The number of aryl methyl sites for hydroxylation is 1. The van der Waals surface area contributed by atoms with Crippen molar-refractivity contribution >= 4 is 17.5 Å². The van der Waals surface area contributed by atoms with E-state index in [2.05, 4.69) is 5.32 Å². The summed E-state index contributed by atoms with van der Waals surface area (Å²) in [7, 11) is 0. The zero-order valence-corrected chi connectivity index (χ0v) is 11.8. The summed E-state index contributed by atoms with van der Waals surface area (Å²) in [5, 5.41) is 12.9. The number of aliphatic hydroxyl groups excluding tert-OH is 1. The number of benzene rings is 1. The maximum absolute atomic E-state index is 11.9. The lowest BCUT2D eigenvalue weighted by Crippen LogP contribution is -2.32. The van der Waals surface area contributed by atoms with Crippen LogP contribution in [0.3, 0.4) is 0 Å². The molecule has 1 unspecified atom stereocenters. The van der Waals surface area contributed by atoms with E-state index in [0.717, 1.165) is 5.56 Å². The molecule has 0 aliphatic heterocycles. The van der Waals surface area contributed by atoms with Gasteiger partial charge >= 0.3 is 0 Å². The Bertz CT molecular complexity index is 398. The Labute approximate surface area is 113 Å². The van der Waals surface area contributed by atoms with Gasteiger partial charge in [-0.2, -0.15) is 0 Å². The molecule has 0 spiro atoms. The van der Waals surface area contributed by atoms with Gasteiger partial charge in [-0.1, -0.05) is 25.4 Å². The lowest BCUT2D eigenvalue weighted by molar-refractivity contribution is 0.0900. The molecule has 0 aliphatic rings. The maximum Gasteiger partial charge on any atom is 0.251 e. The molecule has 100 valence electrons. The first-order valence-corrected chi connectivity index (χ1v) is 6.49. The molecular weight excluding hydrogens is 250 g/mol. The van der Waals surface area contributed by atoms with Gasteiger partial charge in [0.25, 0.3) is 5.91 Å². The summed E-state index contributed by atoms with van der Waals surface area (Å²) in [5.41, 5.74) is 1.46. The highest BCUT2D eigenvalue weighted by atomic mass is 35.5. The van der Waals surface area contributed by atoms with Crippen LogP contribution in [0.1, 0.15) is 36.2 Å². The van der Waals surface area contributed by atoms with Gasteiger partial charge in [0.1, 0.15) is 0 Å². The molecule has 0 saturated heterocycles. The van der Waals surface area contributed by atoms with Crippen LogP contribution in [-0.4, -0.2) is 23.7 Å². The van der Waals surface area contributed by atoms with Crippen LogP contribution in [0.15, 0.2) is 18.2 Å². The summed E-state index contributed by atoms with van der Waals surface area (Å²) in [4.78, 5) is 11.9. The van der Waals surface area contributed by atoms with Crippen LogP contribution in [0.4, 0.5) is 0 Å². The Morgan fingerprint density at radius 1 is 1.39 bits per heavy atom. The standard InChI is InChI=1S/C14H20ClNO2/c1-9(2)4-13(17)8-16-14(18)11-5-10(3)6-12(15)7-11/h5-7,9,13,17H,4,8H2,1-3H3,(H,16,18). The highest BCUT2D eigenvalue weighted by molar-refractivity contribution is 6.31. The van der Waals surface area contributed by atoms with Gasteiger partial charge in [-0.05, 0) is 43.0 Å². The van der Waals surface area contributed by atoms with Crippen LogP contribution in [0.25, 0.3) is 0 Å². The van der Waals surface area contributed by atoms with E-state index in [-0.39, 0.29) is 12.5 Å². The molecule has 0 aromatic heterocycles. The number of carbonyl (C=O) groups is 1. The predicted molar refractivity (Wildman–Crippen MR) is 74.0 cm³/mol. The third-order valence-electron chi connectivity index (χ3n) is 2.55. The number of amides is 1. The van der Waals surface area contributed by atoms with Crippen molar-refractivity contribution < 1.29 is 9.90 Å². The fourth-order valence-corrected chi connectivity index (χ4v) is 2.10. The maximum atomic E-state index is 11.9. The Hall–Kier alpha value is -1.06. The van der Waals surface area contributed by atoms with Gasteiger partial charge in [-0.3, -0.25) is 4.79 Å². The largest absolute Gasteiger partial charge is 0.391 e. The van der Waals surface area contributed by atoms with Crippen molar-refractivity contribution in [2.24, 2.45) is 5.92 Å². The van der Waals surface area contributed by atoms with E-state index < -0.39 is 6.10 Å². The van der Waals surface area contributed by atoms with E-state index >= 15 is 0 Å². The van der Waals surface area contributed by atoms with Crippen molar-refractivity contribution in [1.29, 1.82) is 0 Å². The molecule has 0 fully saturated rings. The first kappa shape index (κ1) is 15.0. The second-order valence-corrected chi connectivity index (χ2v) is 5.45. The molecule has 0 saturated carbocycles. The third-order valence-corrected chi connectivity index (χ3v) is 2.76. The quantitative estimate of drug-likeness (QED) is 0.864. The minimum atomic E-state index is -0.505. The van der Waals surface area contributed by atoms with Gasteiger partial charge in [0.2, 0.25) is 0 Å². The van der Waals surface area contributed by atoms with Gasteiger partial charge in [-0.15, -0.1) is 0 Å². The molecule has 0 radical (unpaired) electrons. The highest BCUT2D eigenvalue weighted by Gasteiger charge is 2.11. The molecule has 18 heavy (non-hydrogen) atoms. The predicted octanol–water partition coefficient (Wildman–Crippen LogP) is 2.79. The summed E-state index contributed by atoms with van der Waals surface area (Å²) in [6.45, 7) is 6.22. The Balaban J connectivity index is 2.55. The molecule has 0 aliphatic carbocycles. The van der Waals surface area contributed by atoms with Crippen LogP contribution in [0.2, 0.25) is 5.02 Å². The molecule has 3 nitrogen and oxygen atoms in total. The minimum Gasteiger partial charge on any atom is -0.391 e. The van der Waals surface area contributed by atoms with Crippen molar-refractivity contribution in [3.05, 3.63) is 34.3 Å². The third kappa shape index (κ3) is 5.07. The van der Waals surface area contributed by atoms with Gasteiger partial charge in [-0.25, -0.2) is 0 Å². The van der Waals surface area contributed by atoms with E-state index in [9.17, 15) is 9.90 Å². The lowest BCUT2D eigenvalue weighted by atomic mass is 10.1. The first-order chi connectivity index (χ1) is 8.38. The summed E-state index contributed by atoms with van der Waals surface area (Å²) < 4.78 is 0. The topological polar surface area (TPSA) is 49.3 Å². The van der Waals surface area contributed by atoms with Gasteiger partial charge in [0.15, 0.2) is 0 Å². The molecule has 1 rings (SSSR count). The van der Waals surface area contributed by atoms with Crippen molar-refractivity contribution in [2.45, 2.75) is 33.3 Å². The van der Waals surface area contributed by atoms with E-state index in [0.29, 0.717) is 22.9 Å². The average Bonchev–Trinajstić information content (AvgIpc) is 2.23. The molecule has 0 bridgehead atoms. The summed E-state index contributed by atoms with van der Waals surface area (Å²) in [6, 6.07) is 5.20. The van der Waals surface area contributed by atoms with Crippen LogP contribution >= 0.6 is 11.6 Å². The first-order valence-electron chi connectivity index (χ1n) is 6.12. The van der Waals surface area contributed by atoms with Crippen LogP contribution in [0.5, 0.6) is 0 Å². The van der Waals surface area contributed by atoms with E-state index in [1.807, 2.05) is 20.8 Å². The summed E-state index contributed by atoms with van der Waals surface area (Å²) in [5.74, 6) is 0.203. The Morgan fingerprint density at radius 2 is 2.06 bits per heavy atom. The normalized spacial score (nSPS) is 12.6. The molecule has 1 aromatic carbocycles. The smallest absolute Gasteiger partial charge is 0.251 e. The second kappa shape index (κ2) is 6.76. The molecule has 1 atom stereocenters.